The molecular formula is C82H48N4. The Morgan fingerprint density at radius 2 is 0.453 bits per heavy atom. The Labute approximate surface area is 494 Å². The monoisotopic (exact) mass is 1090 g/mol. The van der Waals surface area contributed by atoms with Crippen molar-refractivity contribution in [3.8, 4) is 67.4 Å². The van der Waals surface area contributed by atoms with E-state index in [1.54, 1.807) is 0 Å². The van der Waals surface area contributed by atoms with E-state index in [9.17, 15) is 0 Å². The average molecular weight is 1090 g/mol. The molecule has 18 aromatic rings. The van der Waals surface area contributed by atoms with Crippen molar-refractivity contribution in [2.45, 2.75) is 0 Å². The van der Waals surface area contributed by atoms with Gasteiger partial charge in [0.15, 0.2) is 5.82 Å². The zero-order chi connectivity index (χ0) is 56.4. The molecule has 3 aromatic heterocycles. The standard InChI is InChI=1S/C82H48N4/c1-3-21-60-56(17-1)58-19-5-7-23-62(58)73-45-53(41-43-66(60)73)55-47-72(54-42-44-67-61-22-4-2-18-57(61)59-20-6-8-24-63(59)74(67)46-54)81-75(48-55)80(51-35-33-49(34-36-51)78-70-29-11-9-25-64(70)68-27-13-15-31-76(68)83-78)85-82(86-81)52-39-37-50(38-40-52)79-71-30-12-10-26-65(71)69-28-14-16-32-77(69)84-79/h1-48H. The zero-order valence-electron chi connectivity index (χ0n) is 46.5. The summed E-state index contributed by atoms with van der Waals surface area (Å²) in [5.41, 5.74) is 13.8. The highest BCUT2D eigenvalue weighted by molar-refractivity contribution is 6.27. The molecule has 4 heteroatoms. The van der Waals surface area contributed by atoms with E-state index in [4.69, 9.17) is 19.9 Å². The number of hydrogen-bond acceptors (Lipinski definition) is 4. The van der Waals surface area contributed by atoms with Gasteiger partial charge in [0.1, 0.15) is 0 Å². The second kappa shape index (κ2) is 19.0. The minimum atomic E-state index is 0.636. The Balaban J connectivity index is 0.899. The highest BCUT2D eigenvalue weighted by Crippen LogP contribution is 2.45. The molecule has 86 heavy (non-hydrogen) atoms. The number of aromatic nitrogens is 4. The van der Waals surface area contributed by atoms with E-state index >= 15 is 0 Å². The maximum Gasteiger partial charge on any atom is 0.160 e. The lowest BCUT2D eigenvalue weighted by Crippen LogP contribution is -1.98. The molecule has 0 unspecified atom stereocenters. The van der Waals surface area contributed by atoms with Gasteiger partial charge >= 0.3 is 0 Å². The van der Waals surface area contributed by atoms with Crippen LogP contribution in [-0.2, 0) is 0 Å². The third-order valence-electron chi connectivity index (χ3n) is 18.0. The van der Waals surface area contributed by atoms with Gasteiger partial charge in [-0.05, 0) is 128 Å². The summed E-state index contributed by atoms with van der Waals surface area (Å²) in [4.78, 5) is 22.0. The summed E-state index contributed by atoms with van der Waals surface area (Å²) in [7, 11) is 0. The maximum absolute atomic E-state index is 5.74. The van der Waals surface area contributed by atoms with Gasteiger partial charge in [0.05, 0.1) is 33.6 Å². The third-order valence-corrected chi connectivity index (χ3v) is 18.0. The van der Waals surface area contributed by atoms with Gasteiger partial charge < -0.3 is 0 Å². The Morgan fingerprint density at radius 3 is 0.884 bits per heavy atom. The summed E-state index contributed by atoms with van der Waals surface area (Å²) in [5, 5.41) is 22.6. The van der Waals surface area contributed by atoms with Crippen LogP contribution in [0.1, 0.15) is 0 Å². The summed E-state index contributed by atoms with van der Waals surface area (Å²) >= 11 is 0. The van der Waals surface area contributed by atoms with E-state index in [0.29, 0.717) is 5.82 Å². The Hall–Kier alpha value is -11.5. The van der Waals surface area contributed by atoms with Gasteiger partial charge in [-0.25, -0.2) is 19.9 Å². The fourth-order valence-electron chi connectivity index (χ4n) is 13.9. The topological polar surface area (TPSA) is 51.6 Å². The summed E-state index contributed by atoms with van der Waals surface area (Å²) in [6.45, 7) is 0. The van der Waals surface area contributed by atoms with Crippen LogP contribution in [0.15, 0.2) is 291 Å². The van der Waals surface area contributed by atoms with E-state index in [1.807, 2.05) is 0 Å². The van der Waals surface area contributed by atoms with Gasteiger partial charge in [-0.2, -0.15) is 0 Å². The van der Waals surface area contributed by atoms with Crippen LogP contribution in [0.5, 0.6) is 0 Å². The molecule has 0 atom stereocenters. The van der Waals surface area contributed by atoms with E-state index < -0.39 is 0 Å². The summed E-state index contributed by atoms with van der Waals surface area (Å²) in [5.74, 6) is 0.636. The molecule has 15 aromatic carbocycles. The Kier molecular flexibility index (Phi) is 10.7. The largest absolute Gasteiger partial charge is 0.247 e. The first-order valence-electron chi connectivity index (χ1n) is 29.4. The lowest BCUT2D eigenvalue weighted by atomic mass is 9.88. The van der Waals surface area contributed by atoms with Crippen LogP contribution in [0.4, 0.5) is 0 Å². The summed E-state index contributed by atoms with van der Waals surface area (Å²) < 4.78 is 0. The molecule has 0 fully saturated rings. The number of benzene rings is 15. The number of fused-ring (bicyclic) bond motifs is 19. The van der Waals surface area contributed by atoms with Gasteiger partial charge in [0, 0.05) is 54.7 Å². The maximum atomic E-state index is 5.74. The average Bonchev–Trinajstić information content (AvgIpc) is 1.23. The highest BCUT2D eigenvalue weighted by Gasteiger charge is 2.22. The number of nitrogens with zero attached hydrogens (tertiary/aromatic N) is 4. The predicted octanol–water partition coefficient (Wildman–Crippen LogP) is 22.0. The molecule has 18 rings (SSSR count). The van der Waals surface area contributed by atoms with Gasteiger partial charge in [-0.15, -0.1) is 0 Å². The van der Waals surface area contributed by atoms with Gasteiger partial charge in [-0.3, -0.25) is 0 Å². The molecule has 0 saturated heterocycles. The second-order valence-electron chi connectivity index (χ2n) is 22.7. The molecule has 3 heterocycles. The van der Waals surface area contributed by atoms with Crippen molar-refractivity contribution < 1.29 is 0 Å². The fraction of sp³-hybridized carbons (Fsp3) is 0. The molecule has 0 bridgehead atoms. The number of rotatable bonds is 6. The molecule has 4 nitrogen and oxygen atoms in total. The fourth-order valence-corrected chi connectivity index (χ4v) is 13.9. The third kappa shape index (κ3) is 7.50. The van der Waals surface area contributed by atoms with Crippen LogP contribution in [-0.4, -0.2) is 19.9 Å². The van der Waals surface area contributed by atoms with Crippen LogP contribution in [0, 0.1) is 0 Å². The van der Waals surface area contributed by atoms with E-state index in [0.717, 1.165) is 105 Å². The number of para-hydroxylation sites is 2. The van der Waals surface area contributed by atoms with Crippen molar-refractivity contribution in [3.05, 3.63) is 291 Å². The lowest BCUT2D eigenvalue weighted by molar-refractivity contribution is 1.23. The van der Waals surface area contributed by atoms with Gasteiger partial charge in [0.25, 0.3) is 0 Å². The molecular weight excluding hydrogens is 1040 g/mol. The Morgan fingerprint density at radius 1 is 0.163 bits per heavy atom. The quantitative estimate of drug-likeness (QED) is 0.156. The van der Waals surface area contributed by atoms with Gasteiger partial charge in [-0.1, -0.05) is 255 Å². The van der Waals surface area contributed by atoms with Crippen molar-refractivity contribution in [1.29, 1.82) is 0 Å². The zero-order valence-corrected chi connectivity index (χ0v) is 46.5. The minimum absolute atomic E-state index is 0.636. The SMILES string of the molecule is c1ccc2c(c1)nc(-c1ccc(-c3nc(-c4ccc(-c5nc6ccccc6c6ccccc56)cc4)c4cc(-c5ccc6c7ccccc7c7ccccc7c6c5)cc(-c5ccc6c7ccccc7c7ccccc7c6c5)c4n3)cc1)c1ccccc12. The highest BCUT2D eigenvalue weighted by atomic mass is 14.9. The smallest absolute Gasteiger partial charge is 0.160 e. The van der Waals surface area contributed by atoms with Crippen LogP contribution in [0.2, 0.25) is 0 Å². The molecule has 0 radical (unpaired) electrons. The molecule has 0 aliphatic heterocycles. The van der Waals surface area contributed by atoms with Crippen LogP contribution in [0.3, 0.4) is 0 Å². The summed E-state index contributed by atoms with van der Waals surface area (Å²) in [6, 6.07) is 106. The van der Waals surface area contributed by atoms with E-state index in [1.165, 1.54) is 75.4 Å². The predicted molar refractivity (Wildman–Crippen MR) is 363 cm³/mol. The van der Waals surface area contributed by atoms with Crippen LogP contribution >= 0.6 is 0 Å². The molecule has 396 valence electrons. The second-order valence-corrected chi connectivity index (χ2v) is 22.7. The number of pyridine rings is 2. The van der Waals surface area contributed by atoms with Crippen molar-refractivity contribution in [2.75, 3.05) is 0 Å². The van der Waals surface area contributed by atoms with E-state index in [2.05, 4.69) is 291 Å². The van der Waals surface area contributed by atoms with E-state index in [-0.39, 0.29) is 0 Å². The molecule has 0 N–H and O–H groups in total. The molecule has 0 spiro atoms. The molecule has 0 amide bonds. The summed E-state index contributed by atoms with van der Waals surface area (Å²) in [6.07, 6.45) is 0. The first kappa shape index (κ1) is 48.1. The normalized spacial score (nSPS) is 12.0. The first-order valence-corrected chi connectivity index (χ1v) is 29.4. The Bertz CT molecular complexity index is 5820. The molecule has 0 saturated carbocycles. The van der Waals surface area contributed by atoms with Gasteiger partial charge in [0.2, 0.25) is 0 Å². The minimum Gasteiger partial charge on any atom is -0.247 e. The van der Waals surface area contributed by atoms with Crippen LogP contribution in [0.25, 0.3) is 186 Å². The number of hydrogen-bond donors (Lipinski definition) is 0. The van der Waals surface area contributed by atoms with Crippen molar-refractivity contribution in [2.24, 2.45) is 0 Å². The van der Waals surface area contributed by atoms with Crippen molar-refractivity contribution in [3.63, 3.8) is 0 Å². The van der Waals surface area contributed by atoms with Crippen LogP contribution < -0.4 is 0 Å². The van der Waals surface area contributed by atoms with Crippen molar-refractivity contribution in [1.82, 2.24) is 19.9 Å². The molecule has 0 aliphatic rings. The van der Waals surface area contributed by atoms with Crippen molar-refractivity contribution >= 4 is 119 Å². The molecule has 0 aliphatic carbocycles. The lowest BCUT2D eigenvalue weighted by Gasteiger charge is -2.17. The first-order chi connectivity index (χ1) is 42.6.